The molecule has 0 aliphatic heterocycles. The Balaban J connectivity index is 0.000000349. The van der Waals surface area contributed by atoms with Crippen LogP contribution in [-0.2, 0) is 33.3 Å². The Morgan fingerprint density at radius 1 is 0.682 bits per heavy atom. The van der Waals surface area contributed by atoms with E-state index in [0.717, 1.165) is 16.7 Å². The number of furan rings is 1. The lowest BCUT2D eigenvalue weighted by Gasteiger charge is -2.28. The standard InChI is InChI=1S/C16H24O3.C8H2Cl4O4.C6H6O3/c1-15(2,3)11-7-10(9-13(17)18)8-12(14(11)19)16(4,5)6;9-3-1(7(13)14)4(10)6(12)2(5(3)11)8(15)16;7-6(8)4-5-2-1-3-9-5/h7-8,19H,9H2,1-6H3,(H,17,18);(H,13,14)(H,15,16);1-3H,4H2,(H,7,8). The molecule has 3 rings (SSSR count). The predicted octanol–water partition coefficient (Wildman–Crippen LogP) is 8.22. The maximum absolute atomic E-state index is 10.9. The van der Waals surface area contributed by atoms with E-state index in [2.05, 4.69) is 0 Å². The zero-order chi connectivity index (χ0) is 34.3. The van der Waals surface area contributed by atoms with E-state index in [4.69, 9.17) is 71.2 Å². The minimum Gasteiger partial charge on any atom is -0.507 e. The smallest absolute Gasteiger partial charge is 0.338 e. The third kappa shape index (κ3) is 10.6. The van der Waals surface area contributed by atoms with Crippen LogP contribution in [0.15, 0.2) is 34.9 Å². The second-order valence-corrected chi connectivity index (χ2v) is 12.9. The molecule has 0 aliphatic carbocycles. The molecular weight excluding hydrogens is 662 g/mol. The summed E-state index contributed by atoms with van der Waals surface area (Å²) >= 11 is 22.4. The van der Waals surface area contributed by atoms with Gasteiger partial charge in [-0.2, -0.15) is 0 Å². The average Bonchev–Trinajstić information content (AvgIpc) is 3.35. The summed E-state index contributed by atoms with van der Waals surface area (Å²) in [6.07, 6.45) is 1.40. The fourth-order valence-electron chi connectivity index (χ4n) is 3.68. The van der Waals surface area contributed by atoms with Crippen molar-refractivity contribution in [2.75, 3.05) is 0 Å². The van der Waals surface area contributed by atoms with E-state index >= 15 is 0 Å². The van der Waals surface area contributed by atoms with Gasteiger partial charge in [0.05, 0.1) is 43.9 Å². The molecule has 0 saturated heterocycles. The van der Waals surface area contributed by atoms with Crippen LogP contribution in [0.4, 0.5) is 0 Å². The van der Waals surface area contributed by atoms with Gasteiger partial charge >= 0.3 is 23.9 Å². The first-order valence-electron chi connectivity index (χ1n) is 12.7. The number of carbonyl (C=O) groups is 4. The summed E-state index contributed by atoms with van der Waals surface area (Å²) in [5.74, 6) is -3.85. The van der Waals surface area contributed by atoms with Crippen molar-refractivity contribution in [3.63, 3.8) is 0 Å². The summed E-state index contributed by atoms with van der Waals surface area (Å²) in [7, 11) is 0. The lowest BCUT2D eigenvalue weighted by molar-refractivity contribution is -0.137. The Kier molecular flexibility index (Phi) is 13.6. The molecule has 5 N–H and O–H groups in total. The van der Waals surface area contributed by atoms with Crippen LogP contribution in [0.5, 0.6) is 5.75 Å². The minimum atomic E-state index is -1.45. The number of benzene rings is 2. The number of hydrogen-bond donors (Lipinski definition) is 5. The van der Waals surface area contributed by atoms with Gasteiger partial charge in [-0.3, -0.25) is 9.59 Å². The van der Waals surface area contributed by atoms with E-state index in [-0.39, 0.29) is 29.4 Å². The van der Waals surface area contributed by atoms with E-state index < -0.39 is 55.1 Å². The maximum atomic E-state index is 10.9. The molecule has 0 spiro atoms. The van der Waals surface area contributed by atoms with Crippen molar-refractivity contribution in [1.29, 1.82) is 0 Å². The number of aromatic carboxylic acids is 2. The molecule has 1 heterocycles. The first-order valence-corrected chi connectivity index (χ1v) is 14.2. The fourth-order valence-corrected chi connectivity index (χ4v) is 4.86. The Hall–Kier alpha value is -3.44. The summed E-state index contributed by atoms with van der Waals surface area (Å²) in [6, 6.07) is 6.91. The number of halogens is 4. The lowest BCUT2D eigenvalue weighted by Crippen LogP contribution is -2.18. The van der Waals surface area contributed by atoms with Gasteiger partial charge in [-0.25, -0.2) is 9.59 Å². The zero-order valence-corrected chi connectivity index (χ0v) is 27.6. The van der Waals surface area contributed by atoms with Crippen molar-refractivity contribution < 1.29 is 49.1 Å². The molecule has 3 aromatic rings. The third-order valence-electron chi connectivity index (χ3n) is 5.74. The molecule has 2 aromatic carbocycles. The van der Waals surface area contributed by atoms with E-state index in [9.17, 15) is 24.3 Å². The average molecular weight is 694 g/mol. The molecule has 240 valence electrons. The molecule has 0 aliphatic rings. The first kappa shape index (κ1) is 38.6. The Bertz CT molecular complexity index is 1420. The van der Waals surface area contributed by atoms with E-state index in [1.165, 1.54) is 6.26 Å². The van der Waals surface area contributed by atoms with Crippen LogP contribution < -0.4 is 0 Å². The topological polar surface area (TPSA) is 183 Å². The number of rotatable bonds is 6. The van der Waals surface area contributed by atoms with Crippen LogP contribution in [0.1, 0.15) is 84.7 Å². The van der Waals surface area contributed by atoms with Crippen molar-refractivity contribution >= 4 is 70.3 Å². The van der Waals surface area contributed by atoms with Gasteiger partial charge in [0.2, 0.25) is 0 Å². The van der Waals surface area contributed by atoms with Gasteiger partial charge in [-0.05, 0) is 39.7 Å². The quantitative estimate of drug-likeness (QED) is 0.158. The molecule has 44 heavy (non-hydrogen) atoms. The normalized spacial score (nSPS) is 11.0. The highest BCUT2D eigenvalue weighted by molar-refractivity contribution is 6.52. The maximum Gasteiger partial charge on any atom is 0.338 e. The molecule has 14 heteroatoms. The largest absolute Gasteiger partial charge is 0.507 e. The fraction of sp³-hybridized carbons (Fsp3) is 0.333. The molecule has 0 unspecified atom stereocenters. The highest BCUT2D eigenvalue weighted by Crippen LogP contribution is 2.41. The minimum absolute atomic E-state index is 0.0214. The van der Waals surface area contributed by atoms with Crippen molar-refractivity contribution in [2.45, 2.75) is 65.2 Å². The van der Waals surface area contributed by atoms with Crippen molar-refractivity contribution in [3.8, 4) is 5.75 Å². The van der Waals surface area contributed by atoms with Gasteiger partial charge in [0.1, 0.15) is 17.9 Å². The van der Waals surface area contributed by atoms with Gasteiger partial charge in [0.25, 0.3) is 0 Å². The van der Waals surface area contributed by atoms with E-state index in [1.807, 2.05) is 41.5 Å². The first-order chi connectivity index (χ1) is 20.0. The van der Waals surface area contributed by atoms with Crippen LogP contribution in [0, 0.1) is 0 Å². The van der Waals surface area contributed by atoms with E-state index in [1.54, 1.807) is 24.3 Å². The van der Waals surface area contributed by atoms with Gasteiger partial charge in [0, 0.05) is 0 Å². The molecular formula is C30H32Cl4O10. The molecule has 0 fully saturated rings. The lowest BCUT2D eigenvalue weighted by atomic mass is 9.78. The van der Waals surface area contributed by atoms with Crippen LogP contribution >= 0.6 is 46.4 Å². The number of hydrogen-bond acceptors (Lipinski definition) is 6. The predicted molar refractivity (Wildman–Crippen MR) is 167 cm³/mol. The van der Waals surface area contributed by atoms with Gasteiger partial charge in [0.15, 0.2) is 0 Å². The Labute approximate surface area is 273 Å². The summed E-state index contributed by atoms with van der Waals surface area (Å²) in [5, 5.41) is 43.4. The SMILES string of the molecule is CC(C)(C)c1cc(CC(=O)O)cc(C(C)(C)C)c1O.O=C(O)Cc1ccco1.O=C(O)c1c(Cl)c(Cl)c(C(=O)O)c(Cl)c1Cl. The van der Waals surface area contributed by atoms with Gasteiger partial charge < -0.3 is 29.9 Å². The second-order valence-electron chi connectivity index (χ2n) is 11.4. The molecule has 0 saturated carbocycles. The van der Waals surface area contributed by atoms with E-state index in [0.29, 0.717) is 5.76 Å². The number of aliphatic carboxylic acids is 2. The van der Waals surface area contributed by atoms with Crippen LogP contribution in [-0.4, -0.2) is 49.4 Å². The summed E-state index contributed by atoms with van der Waals surface area (Å²) in [6.45, 7) is 12.1. The van der Waals surface area contributed by atoms with Crippen LogP contribution in [0.3, 0.4) is 0 Å². The molecule has 10 nitrogen and oxygen atoms in total. The number of phenols is 1. The number of phenolic OH excluding ortho intramolecular Hbond substituents is 1. The Morgan fingerprint density at radius 2 is 1.05 bits per heavy atom. The molecule has 0 bridgehead atoms. The van der Waals surface area contributed by atoms with Crippen molar-refractivity contribution in [1.82, 2.24) is 0 Å². The number of carboxylic acids is 4. The third-order valence-corrected chi connectivity index (χ3v) is 7.44. The zero-order valence-electron chi connectivity index (χ0n) is 24.6. The highest BCUT2D eigenvalue weighted by atomic mass is 35.5. The number of aromatic hydroxyl groups is 1. The summed E-state index contributed by atoms with van der Waals surface area (Å²) in [5.41, 5.74) is 0.844. The Morgan fingerprint density at radius 3 is 1.30 bits per heavy atom. The summed E-state index contributed by atoms with van der Waals surface area (Å²) in [4.78, 5) is 42.5. The summed E-state index contributed by atoms with van der Waals surface area (Å²) < 4.78 is 4.76. The van der Waals surface area contributed by atoms with Gasteiger partial charge in [-0.15, -0.1) is 0 Å². The highest BCUT2D eigenvalue weighted by Gasteiger charge is 2.28. The number of carboxylic acid groups (broad SMARTS) is 4. The molecule has 0 atom stereocenters. The van der Waals surface area contributed by atoms with Crippen LogP contribution in [0.2, 0.25) is 20.1 Å². The van der Waals surface area contributed by atoms with Crippen LogP contribution in [0.25, 0.3) is 0 Å². The molecule has 0 radical (unpaired) electrons. The van der Waals surface area contributed by atoms with Crippen molar-refractivity contribution in [2.24, 2.45) is 0 Å². The second kappa shape index (κ2) is 15.5. The van der Waals surface area contributed by atoms with Gasteiger partial charge in [-0.1, -0.05) is 100 Å². The van der Waals surface area contributed by atoms with Crippen molar-refractivity contribution in [3.05, 3.63) is 84.2 Å². The molecule has 1 aromatic heterocycles. The molecule has 0 amide bonds. The monoisotopic (exact) mass is 692 g/mol.